The van der Waals surface area contributed by atoms with Gasteiger partial charge >= 0.3 is 11.9 Å². The van der Waals surface area contributed by atoms with Crippen molar-refractivity contribution in [2.75, 3.05) is 0 Å². The van der Waals surface area contributed by atoms with Crippen molar-refractivity contribution < 1.29 is 34.2 Å². The second-order valence-corrected chi connectivity index (χ2v) is 7.23. The van der Waals surface area contributed by atoms with Crippen molar-refractivity contribution in [1.29, 1.82) is 0 Å². The molecule has 0 aromatic heterocycles. The van der Waals surface area contributed by atoms with Crippen molar-refractivity contribution in [3.8, 4) is 0 Å². The van der Waals surface area contributed by atoms with Crippen LogP contribution in [-0.2, 0) is 24.0 Å². The van der Waals surface area contributed by atoms with Gasteiger partial charge in [-0.15, -0.1) is 0 Å². The van der Waals surface area contributed by atoms with Gasteiger partial charge in [-0.25, -0.2) is 4.79 Å². The summed E-state index contributed by atoms with van der Waals surface area (Å²) < 4.78 is 0. The summed E-state index contributed by atoms with van der Waals surface area (Å²) in [7, 11) is 0. The number of nitrogens with two attached hydrogens (primary N) is 1. The maximum atomic E-state index is 12.3. The van der Waals surface area contributed by atoms with Gasteiger partial charge in [0.15, 0.2) is 0 Å². The minimum absolute atomic E-state index is 0.162. The number of hydrogen-bond acceptors (Lipinski definition) is 6. The summed E-state index contributed by atoms with van der Waals surface area (Å²) in [5.41, 5.74) is 5.69. The molecule has 0 aliphatic rings. The molecule has 4 unspecified atom stereocenters. The van der Waals surface area contributed by atoms with Crippen molar-refractivity contribution in [3.05, 3.63) is 0 Å². The molecule has 0 aromatic rings. The maximum absolute atomic E-state index is 12.3. The van der Waals surface area contributed by atoms with Crippen LogP contribution < -0.4 is 21.7 Å². The Labute approximate surface area is 163 Å². The Hall–Kier alpha value is -2.69. The molecule has 4 atom stereocenters. The minimum atomic E-state index is -1.51. The van der Waals surface area contributed by atoms with Gasteiger partial charge in [-0.3, -0.25) is 19.2 Å². The zero-order valence-corrected chi connectivity index (χ0v) is 16.7. The summed E-state index contributed by atoms with van der Waals surface area (Å²) >= 11 is 0. The van der Waals surface area contributed by atoms with Crippen LogP contribution in [0.25, 0.3) is 0 Å². The van der Waals surface area contributed by atoms with Crippen molar-refractivity contribution in [3.63, 3.8) is 0 Å². The van der Waals surface area contributed by atoms with Crippen LogP contribution >= 0.6 is 0 Å². The topological polar surface area (TPSA) is 188 Å². The normalized spacial score (nSPS) is 15.3. The van der Waals surface area contributed by atoms with Gasteiger partial charge in [0.25, 0.3) is 0 Å². The van der Waals surface area contributed by atoms with Gasteiger partial charge in [0.1, 0.15) is 18.1 Å². The molecule has 0 heterocycles. The molecule has 0 radical (unpaired) electrons. The average molecular weight is 402 g/mol. The van der Waals surface area contributed by atoms with Gasteiger partial charge in [0.2, 0.25) is 17.7 Å². The van der Waals surface area contributed by atoms with Gasteiger partial charge in [0, 0.05) is 0 Å². The third-order valence-electron chi connectivity index (χ3n) is 4.02. The van der Waals surface area contributed by atoms with E-state index >= 15 is 0 Å². The summed E-state index contributed by atoms with van der Waals surface area (Å²) in [5, 5.41) is 25.0. The van der Waals surface area contributed by atoms with Crippen molar-refractivity contribution in [2.45, 2.75) is 65.2 Å². The van der Waals surface area contributed by atoms with Crippen LogP contribution in [0.15, 0.2) is 0 Å². The Kier molecular flexibility index (Phi) is 10.1. The third-order valence-corrected chi connectivity index (χ3v) is 4.02. The Morgan fingerprint density at radius 2 is 1.32 bits per heavy atom. The standard InChI is InChI=1S/C17H30N4O7/c1-7(2)12(18)16(26)19-9(5)14(24)20-10(6-11(22)23)15(25)21-13(8(3)4)17(27)28/h7-10,12-13H,6,18H2,1-5H3,(H,19,26)(H,20,24)(H,21,25)(H,22,23)(H,27,28). The summed E-state index contributed by atoms with van der Waals surface area (Å²) in [5.74, 6) is -5.59. The predicted molar refractivity (Wildman–Crippen MR) is 99.0 cm³/mol. The van der Waals surface area contributed by atoms with E-state index in [1.165, 1.54) is 6.92 Å². The van der Waals surface area contributed by atoms with E-state index in [4.69, 9.17) is 15.9 Å². The number of aliphatic carboxylic acids is 2. The highest BCUT2D eigenvalue weighted by atomic mass is 16.4. The highest BCUT2D eigenvalue weighted by Crippen LogP contribution is 2.04. The zero-order valence-electron chi connectivity index (χ0n) is 16.7. The molecule has 0 aliphatic heterocycles. The molecule has 0 bridgehead atoms. The number of hydrogen-bond donors (Lipinski definition) is 6. The van der Waals surface area contributed by atoms with E-state index in [0.29, 0.717) is 0 Å². The van der Waals surface area contributed by atoms with Crippen LogP contribution in [0.5, 0.6) is 0 Å². The summed E-state index contributed by atoms with van der Waals surface area (Å²) in [6, 6.07) is -4.68. The van der Waals surface area contributed by atoms with Crippen LogP contribution in [0, 0.1) is 11.8 Å². The van der Waals surface area contributed by atoms with Gasteiger partial charge in [-0.05, 0) is 18.8 Å². The Morgan fingerprint density at radius 1 is 0.786 bits per heavy atom. The first-order valence-corrected chi connectivity index (χ1v) is 8.89. The van der Waals surface area contributed by atoms with Gasteiger partial charge in [0.05, 0.1) is 12.5 Å². The predicted octanol–water partition coefficient (Wildman–Crippen LogP) is -1.34. The molecule has 0 spiro atoms. The molecule has 7 N–H and O–H groups in total. The van der Waals surface area contributed by atoms with Crippen molar-refractivity contribution >= 4 is 29.7 Å². The van der Waals surface area contributed by atoms with Crippen molar-refractivity contribution in [2.24, 2.45) is 17.6 Å². The molecule has 0 saturated carbocycles. The lowest BCUT2D eigenvalue weighted by molar-refractivity contribution is -0.144. The quantitative estimate of drug-likeness (QED) is 0.245. The number of carbonyl (C=O) groups excluding carboxylic acids is 3. The van der Waals surface area contributed by atoms with Crippen LogP contribution in [0.3, 0.4) is 0 Å². The lowest BCUT2D eigenvalue weighted by Gasteiger charge is -2.24. The number of carboxylic acid groups (broad SMARTS) is 2. The number of carboxylic acids is 2. The second kappa shape index (κ2) is 11.2. The fraction of sp³-hybridized carbons (Fsp3) is 0.706. The fourth-order valence-electron chi connectivity index (χ4n) is 2.13. The van der Waals surface area contributed by atoms with E-state index in [2.05, 4.69) is 16.0 Å². The molecular weight excluding hydrogens is 372 g/mol. The summed E-state index contributed by atoms with van der Waals surface area (Å²) in [6.07, 6.45) is -0.756. The Balaban J connectivity index is 5.14. The second-order valence-electron chi connectivity index (χ2n) is 7.23. The van der Waals surface area contributed by atoms with Crippen LogP contribution in [-0.4, -0.2) is 64.0 Å². The van der Waals surface area contributed by atoms with E-state index < -0.39 is 66.2 Å². The molecule has 160 valence electrons. The van der Waals surface area contributed by atoms with E-state index in [1.54, 1.807) is 27.7 Å². The fourth-order valence-corrected chi connectivity index (χ4v) is 2.13. The van der Waals surface area contributed by atoms with Crippen LogP contribution in [0.4, 0.5) is 0 Å². The highest BCUT2D eigenvalue weighted by molar-refractivity contribution is 5.95. The zero-order chi connectivity index (χ0) is 22.2. The molecule has 11 heteroatoms. The Morgan fingerprint density at radius 3 is 1.71 bits per heavy atom. The number of nitrogens with one attached hydrogen (secondary N) is 3. The molecule has 0 aromatic carbocycles. The number of rotatable bonds is 11. The molecule has 0 rings (SSSR count). The average Bonchev–Trinajstić information content (AvgIpc) is 2.56. The monoisotopic (exact) mass is 402 g/mol. The summed E-state index contributed by atoms with van der Waals surface area (Å²) in [6.45, 7) is 7.95. The molecule has 0 saturated heterocycles. The first-order chi connectivity index (χ1) is 12.8. The highest BCUT2D eigenvalue weighted by Gasteiger charge is 2.31. The van der Waals surface area contributed by atoms with Crippen LogP contribution in [0.1, 0.15) is 41.0 Å². The number of carbonyl (C=O) groups is 5. The smallest absolute Gasteiger partial charge is 0.326 e. The van der Waals surface area contributed by atoms with Gasteiger partial charge < -0.3 is 31.9 Å². The molecule has 0 fully saturated rings. The lowest BCUT2D eigenvalue weighted by Crippen LogP contribution is -2.57. The lowest BCUT2D eigenvalue weighted by atomic mass is 10.0. The Bertz CT molecular complexity index is 606. The molecule has 3 amide bonds. The minimum Gasteiger partial charge on any atom is -0.481 e. The van der Waals surface area contributed by atoms with Gasteiger partial charge in [-0.2, -0.15) is 0 Å². The first kappa shape index (κ1) is 25.3. The molecule has 0 aliphatic carbocycles. The molecule has 11 nitrogen and oxygen atoms in total. The molecule has 28 heavy (non-hydrogen) atoms. The largest absolute Gasteiger partial charge is 0.481 e. The van der Waals surface area contributed by atoms with E-state index in [1.807, 2.05) is 0 Å². The van der Waals surface area contributed by atoms with Gasteiger partial charge in [-0.1, -0.05) is 27.7 Å². The van der Waals surface area contributed by atoms with E-state index in [-0.39, 0.29) is 5.92 Å². The maximum Gasteiger partial charge on any atom is 0.326 e. The van der Waals surface area contributed by atoms with Crippen molar-refractivity contribution in [1.82, 2.24) is 16.0 Å². The third kappa shape index (κ3) is 8.33. The first-order valence-electron chi connectivity index (χ1n) is 8.89. The van der Waals surface area contributed by atoms with Crippen LogP contribution in [0.2, 0.25) is 0 Å². The number of amides is 3. The summed E-state index contributed by atoms with van der Waals surface area (Å²) in [4.78, 5) is 58.8. The molecular formula is C17H30N4O7. The SMILES string of the molecule is CC(NC(=O)C(N)C(C)C)C(=O)NC(CC(=O)O)C(=O)NC(C(=O)O)C(C)C. The van der Waals surface area contributed by atoms with E-state index in [0.717, 1.165) is 0 Å². The van der Waals surface area contributed by atoms with E-state index in [9.17, 15) is 24.0 Å².